The first kappa shape index (κ1) is 25.8. The van der Waals surface area contributed by atoms with Crippen molar-refractivity contribution in [3.63, 3.8) is 0 Å². The molecule has 0 aliphatic heterocycles. The van der Waals surface area contributed by atoms with Crippen molar-refractivity contribution in [2.24, 2.45) is 0 Å². The SMILES string of the molecule is Cc1ccc(-c2c(C(C)Nc3ncnc4[nH]cnc34)nc3scc(C)n3c2=O)cc1.O=C(O)C(F)(F)F. The van der Waals surface area contributed by atoms with E-state index in [0.29, 0.717) is 33.2 Å². The van der Waals surface area contributed by atoms with E-state index in [0.717, 1.165) is 16.8 Å². The van der Waals surface area contributed by atoms with Gasteiger partial charge in [-0.1, -0.05) is 29.8 Å². The average Bonchev–Trinajstić information content (AvgIpc) is 3.47. The predicted octanol–water partition coefficient (Wildman–Crippen LogP) is 4.51. The van der Waals surface area contributed by atoms with Crippen LogP contribution >= 0.6 is 11.3 Å². The van der Waals surface area contributed by atoms with Crippen LogP contribution in [-0.4, -0.2) is 46.6 Å². The van der Waals surface area contributed by atoms with Gasteiger partial charge in [0, 0.05) is 11.1 Å². The molecule has 1 unspecified atom stereocenters. The standard InChI is InChI=1S/C21H19N7OS.C2HF3O2/c1-11-4-6-14(7-5-11)15-16(27-21-28(20(15)29)12(2)8-30-21)13(3)26-19-17-18(23-9-22-17)24-10-25-19;3-2(4,5)1(6)7/h4-10,13H,1-3H3,(H2,22,23,24,25,26);(H,6,7). The first-order chi connectivity index (χ1) is 17.5. The number of carboxylic acid groups (broad SMARTS) is 1. The van der Waals surface area contributed by atoms with Crippen molar-refractivity contribution in [3.05, 3.63) is 69.6 Å². The number of nitrogens with zero attached hydrogens (tertiary/aromatic N) is 5. The van der Waals surface area contributed by atoms with Crippen LogP contribution in [0.1, 0.15) is 29.9 Å². The Morgan fingerprint density at radius 2 is 1.84 bits per heavy atom. The minimum absolute atomic E-state index is 0.0705. The molecule has 0 bridgehead atoms. The molecule has 14 heteroatoms. The molecule has 4 heterocycles. The number of carboxylic acids is 1. The van der Waals surface area contributed by atoms with Crippen LogP contribution in [-0.2, 0) is 4.79 Å². The topological polar surface area (TPSA) is 138 Å². The second kappa shape index (κ2) is 9.97. The highest BCUT2D eigenvalue weighted by Gasteiger charge is 2.38. The van der Waals surface area contributed by atoms with Crippen molar-refractivity contribution < 1.29 is 23.1 Å². The lowest BCUT2D eigenvalue weighted by Gasteiger charge is -2.18. The zero-order chi connectivity index (χ0) is 26.9. The third-order valence-electron chi connectivity index (χ3n) is 5.33. The van der Waals surface area contributed by atoms with Crippen molar-refractivity contribution in [1.29, 1.82) is 0 Å². The third kappa shape index (κ3) is 5.28. The second-order valence-electron chi connectivity index (χ2n) is 8.03. The molecular formula is C23H20F3N7O3S. The number of hydrogen-bond acceptors (Lipinski definition) is 8. The molecule has 1 aromatic carbocycles. The Morgan fingerprint density at radius 1 is 1.16 bits per heavy atom. The number of rotatable bonds is 4. The number of nitrogens with one attached hydrogen (secondary N) is 2. The predicted molar refractivity (Wildman–Crippen MR) is 132 cm³/mol. The fourth-order valence-electron chi connectivity index (χ4n) is 3.55. The molecular weight excluding hydrogens is 511 g/mol. The fourth-order valence-corrected chi connectivity index (χ4v) is 4.41. The Labute approximate surface area is 210 Å². The van der Waals surface area contributed by atoms with Crippen LogP contribution in [0.15, 0.2) is 47.1 Å². The monoisotopic (exact) mass is 531 g/mol. The van der Waals surface area contributed by atoms with Crippen molar-refractivity contribution in [2.75, 3.05) is 5.32 Å². The van der Waals surface area contributed by atoms with Gasteiger partial charge >= 0.3 is 12.1 Å². The molecule has 0 radical (unpaired) electrons. The van der Waals surface area contributed by atoms with Crippen LogP contribution in [0.3, 0.4) is 0 Å². The van der Waals surface area contributed by atoms with Crippen LogP contribution in [0.25, 0.3) is 27.3 Å². The second-order valence-corrected chi connectivity index (χ2v) is 8.87. The number of thiazole rings is 1. The first-order valence-electron chi connectivity index (χ1n) is 10.8. The molecule has 0 fully saturated rings. The summed E-state index contributed by atoms with van der Waals surface area (Å²) in [6.07, 6.45) is -2.03. The van der Waals surface area contributed by atoms with Gasteiger partial charge in [-0.25, -0.2) is 24.7 Å². The van der Waals surface area contributed by atoms with Crippen LogP contribution in [0, 0.1) is 13.8 Å². The van der Waals surface area contributed by atoms with E-state index in [-0.39, 0.29) is 11.6 Å². The van der Waals surface area contributed by atoms with Gasteiger partial charge in [0.15, 0.2) is 16.4 Å². The summed E-state index contributed by atoms with van der Waals surface area (Å²) >= 11 is 1.46. The van der Waals surface area contributed by atoms with Gasteiger partial charge in [0.25, 0.3) is 5.56 Å². The maximum Gasteiger partial charge on any atom is 0.490 e. The maximum atomic E-state index is 13.5. The minimum Gasteiger partial charge on any atom is -0.475 e. The molecule has 3 N–H and O–H groups in total. The molecule has 5 aromatic rings. The zero-order valence-electron chi connectivity index (χ0n) is 19.7. The molecule has 1 atom stereocenters. The summed E-state index contributed by atoms with van der Waals surface area (Å²) in [6, 6.07) is 7.66. The number of imidazole rings is 1. The third-order valence-corrected chi connectivity index (χ3v) is 6.28. The zero-order valence-corrected chi connectivity index (χ0v) is 20.5. The van der Waals surface area contributed by atoms with E-state index in [4.69, 9.17) is 14.9 Å². The number of aryl methyl sites for hydroxylation is 2. The lowest BCUT2D eigenvalue weighted by atomic mass is 10.0. The Hall–Kier alpha value is -4.33. The van der Waals surface area contributed by atoms with Crippen LogP contribution < -0.4 is 10.9 Å². The van der Waals surface area contributed by atoms with E-state index in [1.54, 1.807) is 10.7 Å². The molecule has 0 amide bonds. The number of carbonyl (C=O) groups is 1. The Balaban J connectivity index is 0.000000405. The number of aromatic nitrogens is 6. The molecule has 5 rings (SSSR count). The van der Waals surface area contributed by atoms with E-state index in [2.05, 4.69) is 25.3 Å². The molecule has 0 aliphatic carbocycles. The fraction of sp³-hybridized carbons (Fsp3) is 0.217. The quantitative estimate of drug-likeness (QED) is 0.308. The van der Waals surface area contributed by atoms with Gasteiger partial charge in [-0.15, -0.1) is 11.3 Å². The number of hydrogen-bond donors (Lipinski definition) is 3. The number of H-pyrrole nitrogens is 1. The van der Waals surface area contributed by atoms with Gasteiger partial charge in [0.2, 0.25) is 0 Å². The van der Waals surface area contributed by atoms with E-state index < -0.39 is 12.1 Å². The molecule has 4 aromatic heterocycles. The number of benzene rings is 1. The van der Waals surface area contributed by atoms with Crippen molar-refractivity contribution in [2.45, 2.75) is 33.0 Å². The number of alkyl halides is 3. The summed E-state index contributed by atoms with van der Waals surface area (Å²) in [5.74, 6) is -2.17. The number of aromatic amines is 1. The van der Waals surface area contributed by atoms with Gasteiger partial charge in [-0.05, 0) is 26.3 Å². The molecule has 37 heavy (non-hydrogen) atoms. The largest absolute Gasteiger partial charge is 0.490 e. The number of halogens is 3. The van der Waals surface area contributed by atoms with Gasteiger partial charge in [-0.2, -0.15) is 13.2 Å². The Kier molecular flexibility index (Phi) is 6.94. The molecule has 192 valence electrons. The van der Waals surface area contributed by atoms with Gasteiger partial charge in [-0.3, -0.25) is 9.20 Å². The minimum atomic E-state index is -5.08. The van der Waals surface area contributed by atoms with E-state index in [1.165, 1.54) is 17.7 Å². The number of fused-ring (bicyclic) bond motifs is 2. The Morgan fingerprint density at radius 3 is 2.49 bits per heavy atom. The highest BCUT2D eigenvalue weighted by Crippen LogP contribution is 2.29. The molecule has 0 aliphatic rings. The van der Waals surface area contributed by atoms with Crippen molar-refractivity contribution in [1.82, 2.24) is 29.3 Å². The van der Waals surface area contributed by atoms with Crippen molar-refractivity contribution >= 4 is 39.2 Å². The van der Waals surface area contributed by atoms with Crippen molar-refractivity contribution in [3.8, 4) is 11.1 Å². The molecule has 0 saturated heterocycles. The van der Waals surface area contributed by atoms with E-state index >= 15 is 0 Å². The first-order valence-corrected chi connectivity index (χ1v) is 11.6. The van der Waals surface area contributed by atoms with Gasteiger partial charge in [0.05, 0.1) is 23.6 Å². The molecule has 0 spiro atoms. The van der Waals surface area contributed by atoms with E-state index in [9.17, 15) is 18.0 Å². The van der Waals surface area contributed by atoms with Crippen LogP contribution in [0.5, 0.6) is 0 Å². The average molecular weight is 532 g/mol. The lowest BCUT2D eigenvalue weighted by molar-refractivity contribution is -0.192. The number of aliphatic carboxylic acids is 1. The summed E-state index contributed by atoms with van der Waals surface area (Å²) in [5.41, 5.74) is 5.33. The summed E-state index contributed by atoms with van der Waals surface area (Å²) in [5, 5.41) is 12.4. The summed E-state index contributed by atoms with van der Waals surface area (Å²) in [6.45, 7) is 5.91. The molecule has 0 saturated carbocycles. The van der Waals surface area contributed by atoms with Crippen LogP contribution in [0.4, 0.5) is 19.0 Å². The summed E-state index contributed by atoms with van der Waals surface area (Å²) < 4.78 is 33.4. The highest BCUT2D eigenvalue weighted by atomic mass is 32.1. The lowest BCUT2D eigenvalue weighted by Crippen LogP contribution is -2.23. The molecule has 10 nitrogen and oxygen atoms in total. The highest BCUT2D eigenvalue weighted by molar-refractivity contribution is 7.15. The van der Waals surface area contributed by atoms with E-state index in [1.807, 2.05) is 50.4 Å². The number of anilines is 1. The van der Waals surface area contributed by atoms with Gasteiger partial charge < -0.3 is 15.4 Å². The van der Waals surface area contributed by atoms with Gasteiger partial charge in [0.1, 0.15) is 11.8 Å². The summed E-state index contributed by atoms with van der Waals surface area (Å²) in [7, 11) is 0. The smallest absolute Gasteiger partial charge is 0.475 e. The summed E-state index contributed by atoms with van der Waals surface area (Å²) in [4.78, 5) is 43.7. The Bertz CT molecular complexity index is 1640. The normalized spacial score (nSPS) is 12.3. The maximum absolute atomic E-state index is 13.5. The van der Waals surface area contributed by atoms with Crippen LogP contribution in [0.2, 0.25) is 0 Å².